The van der Waals surface area contributed by atoms with Gasteiger partial charge in [0, 0.05) is 18.7 Å². The highest BCUT2D eigenvalue weighted by Crippen LogP contribution is 2.16. The number of likely N-dealkylation sites (N-methyl/N-ethyl adjacent to an activating group) is 1. The monoisotopic (exact) mass is 280 g/mol. The largest absolute Gasteiger partial charge is 0.496 e. The smallest absolute Gasteiger partial charge is 0.234 e. The zero-order valence-corrected chi connectivity index (χ0v) is 12.4. The van der Waals surface area contributed by atoms with Crippen molar-refractivity contribution >= 4 is 5.91 Å². The molecule has 1 rings (SSSR count). The Hall–Kier alpha value is -1.59. The molecule has 1 amide bonds. The number of hydrogen-bond donors (Lipinski definition) is 2. The van der Waals surface area contributed by atoms with Crippen molar-refractivity contribution in [3.05, 3.63) is 29.8 Å². The van der Waals surface area contributed by atoms with Crippen LogP contribution in [0.1, 0.15) is 18.9 Å². The van der Waals surface area contributed by atoms with Crippen LogP contribution in [0.15, 0.2) is 24.3 Å². The number of hydrogen-bond acceptors (Lipinski definition) is 4. The summed E-state index contributed by atoms with van der Waals surface area (Å²) < 4.78 is 5.23. The molecule has 0 bridgehead atoms. The molecule has 1 aromatic carbocycles. The van der Waals surface area contributed by atoms with Crippen LogP contribution >= 0.6 is 0 Å². The predicted molar refractivity (Wildman–Crippen MR) is 78.6 cm³/mol. The molecule has 0 aliphatic heterocycles. The minimum atomic E-state index is -0.339. The number of aliphatic hydroxyl groups is 1. The van der Waals surface area contributed by atoms with Crippen LogP contribution in [-0.4, -0.2) is 49.3 Å². The Morgan fingerprint density at radius 1 is 1.45 bits per heavy atom. The van der Waals surface area contributed by atoms with Gasteiger partial charge in [-0.1, -0.05) is 18.2 Å². The normalized spacial score (nSPS) is 12.2. The van der Waals surface area contributed by atoms with Crippen molar-refractivity contribution in [2.45, 2.75) is 26.0 Å². The molecule has 0 spiro atoms. The van der Waals surface area contributed by atoms with Gasteiger partial charge in [-0.15, -0.1) is 0 Å². The molecule has 2 N–H and O–H groups in total. The van der Waals surface area contributed by atoms with Gasteiger partial charge in [0.1, 0.15) is 5.75 Å². The van der Waals surface area contributed by atoms with Crippen LogP contribution < -0.4 is 10.1 Å². The number of amides is 1. The summed E-state index contributed by atoms with van der Waals surface area (Å²) in [6.45, 7) is 3.21. The van der Waals surface area contributed by atoms with Gasteiger partial charge in [-0.25, -0.2) is 0 Å². The first-order valence-corrected chi connectivity index (χ1v) is 6.78. The van der Waals surface area contributed by atoms with E-state index in [1.807, 2.05) is 36.2 Å². The van der Waals surface area contributed by atoms with Crippen molar-refractivity contribution in [2.75, 3.05) is 27.2 Å². The molecule has 0 aliphatic carbocycles. The number of aliphatic hydroxyl groups excluding tert-OH is 1. The van der Waals surface area contributed by atoms with Crippen LogP contribution in [0.5, 0.6) is 5.75 Å². The highest BCUT2D eigenvalue weighted by atomic mass is 16.5. The summed E-state index contributed by atoms with van der Waals surface area (Å²) in [6, 6.07) is 7.61. The minimum Gasteiger partial charge on any atom is -0.496 e. The number of carbonyl (C=O) groups is 1. The van der Waals surface area contributed by atoms with Gasteiger partial charge in [-0.05, 0) is 26.5 Å². The maximum absolute atomic E-state index is 11.8. The molecule has 1 atom stereocenters. The first-order valence-electron chi connectivity index (χ1n) is 6.78. The standard InChI is InChI=1S/C15H24N2O3/c1-12(18)8-9-17(2)11-15(19)16-10-13-6-4-5-7-14(13)20-3/h4-7,12,18H,8-11H2,1-3H3,(H,16,19). The number of ether oxygens (including phenoxy) is 1. The molecular formula is C15H24N2O3. The van der Waals surface area contributed by atoms with Gasteiger partial charge in [-0.2, -0.15) is 0 Å². The molecule has 20 heavy (non-hydrogen) atoms. The van der Waals surface area contributed by atoms with Crippen LogP contribution in [0.3, 0.4) is 0 Å². The lowest BCUT2D eigenvalue weighted by Gasteiger charge is -2.17. The zero-order chi connectivity index (χ0) is 15.0. The molecule has 0 fully saturated rings. The van der Waals surface area contributed by atoms with E-state index >= 15 is 0 Å². The van der Waals surface area contributed by atoms with E-state index < -0.39 is 0 Å². The highest BCUT2D eigenvalue weighted by molar-refractivity contribution is 5.78. The van der Waals surface area contributed by atoms with Crippen LogP contribution in [0.25, 0.3) is 0 Å². The van der Waals surface area contributed by atoms with E-state index in [4.69, 9.17) is 4.74 Å². The Morgan fingerprint density at radius 2 is 2.15 bits per heavy atom. The van der Waals surface area contributed by atoms with Gasteiger partial charge in [0.05, 0.1) is 19.8 Å². The summed E-state index contributed by atoms with van der Waals surface area (Å²) >= 11 is 0. The number of nitrogens with one attached hydrogen (secondary N) is 1. The molecule has 1 aromatic rings. The molecule has 0 aromatic heterocycles. The minimum absolute atomic E-state index is 0.0380. The van der Waals surface area contributed by atoms with Crippen molar-refractivity contribution in [1.82, 2.24) is 10.2 Å². The van der Waals surface area contributed by atoms with Crippen LogP contribution in [0.2, 0.25) is 0 Å². The summed E-state index contributed by atoms with van der Waals surface area (Å²) in [5, 5.41) is 12.1. The molecule has 1 unspecified atom stereocenters. The third-order valence-corrected chi connectivity index (χ3v) is 3.01. The fourth-order valence-corrected chi connectivity index (χ4v) is 1.83. The summed E-state index contributed by atoms with van der Waals surface area (Å²) in [5.74, 6) is 0.735. The number of nitrogens with zero attached hydrogens (tertiary/aromatic N) is 1. The number of para-hydroxylation sites is 1. The van der Waals surface area contributed by atoms with E-state index in [2.05, 4.69) is 5.32 Å². The topological polar surface area (TPSA) is 61.8 Å². The lowest BCUT2D eigenvalue weighted by atomic mass is 10.2. The van der Waals surface area contributed by atoms with E-state index in [0.29, 0.717) is 26.1 Å². The fraction of sp³-hybridized carbons (Fsp3) is 0.533. The highest BCUT2D eigenvalue weighted by Gasteiger charge is 2.08. The fourth-order valence-electron chi connectivity index (χ4n) is 1.83. The molecule has 0 saturated carbocycles. The van der Waals surface area contributed by atoms with Crippen molar-refractivity contribution < 1.29 is 14.6 Å². The van der Waals surface area contributed by atoms with Crippen molar-refractivity contribution in [1.29, 1.82) is 0 Å². The second-order valence-electron chi connectivity index (χ2n) is 4.96. The lowest BCUT2D eigenvalue weighted by molar-refractivity contribution is -0.122. The average Bonchev–Trinajstić information content (AvgIpc) is 2.43. The van der Waals surface area contributed by atoms with Gasteiger partial charge in [0.2, 0.25) is 5.91 Å². The van der Waals surface area contributed by atoms with Crippen molar-refractivity contribution in [3.8, 4) is 5.75 Å². The number of methoxy groups -OCH3 is 1. The van der Waals surface area contributed by atoms with E-state index in [-0.39, 0.29) is 12.0 Å². The zero-order valence-electron chi connectivity index (χ0n) is 12.4. The average molecular weight is 280 g/mol. The molecule has 0 radical (unpaired) electrons. The molecule has 0 heterocycles. The first-order chi connectivity index (χ1) is 9.52. The van der Waals surface area contributed by atoms with Crippen LogP contribution in [-0.2, 0) is 11.3 Å². The van der Waals surface area contributed by atoms with Gasteiger partial charge in [-0.3, -0.25) is 9.69 Å². The molecule has 112 valence electrons. The van der Waals surface area contributed by atoms with E-state index in [1.165, 1.54) is 0 Å². The first kappa shape index (κ1) is 16.5. The molecule has 5 heteroatoms. The third-order valence-electron chi connectivity index (χ3n) is 3.01. The van der Waals surface area contributed by atoms with Crippen molar-refractivity contribution in [2.24, 2.45) is 0 Å². The van der Waals surface area contributed by atoms with Gasteiger partial charge >= 0.3 is 0 Å². The maximum atomic E-state index is 11.8. The summed E-state index contributed by atoms with van der Waals surface area (Å²) in [7, 11) is 3.48. The second kappa shape index (κ2) is 8.55. The second-order valence-corrected chi connectivity index (χ2v) is 4.96. The van der Waals surface area contributed by atoms with E-state index in [1.54, 1.807) is 14.0 Å². The Labute approximate surface area is 120 Å². The molecule has 0 saturated heterocycles. The Balaban J connectivity index is 2.36. The van der Waals surface area contributed by atoms with Gasteiger partial charge < -0.3 is 15.2 Å². The van der Waals surface area contributed by atoms with Crippen LogP contribution in [0, 0.1) is 0 Å². The number of rotatable bonds is 8. The Morgan fingerprint density at radius 3 is 2.80 bits per heavy atom. The number of carbonyl (C=O) groups excluding carboxylic acids is 1. The lowest BCUT2D eigenvalue weighted by Crippen LogP contribution is -2.35. The SMILES string of the molecule is COc1ccccc1CNC(=O)CN(C)CCC(C)O. The summed E-state index contributed by atoms with van der Waals surface area (Å²) in [4.78, 5) is 13.7. The quantitative estimate of drug-likeness (QED) is 0.746. The molecule has 5 nitrogen and oxygen atoms in total. The van der Waals surface area contributed by atoms with E-state index in [9.17, 15) is 9.90 Å². The molecule has 0 aliphatic rings. The predicted octanol–water partition coefficient (Wildman–Crippen LogP) is 1.01. The number of benzene rings is 1. The third kappa shape index (κ3) is 6.04. The van der Waals surface area contributed by atoms with Crippen LogP contribution in [0.4, 0.5) is 0 Å². The van der Waals surface area contributed by atoms with Gasteiger partial charge in [0.25, 0.3) is 0 Å². The summed E-state index contributed by atoms with van der Waals surface area (Å²) in [6.07, 6.45) is 0.324. The maximum Gasteiger partial charge on any atom is 0.234 e. The summed E-state index contributed by atoms with van der Waals surface area (Å²) in [5.41, 5.74) is 0.954. The Bertz CT molecular complexity index is 421. The van der Waals surface area contributed by atoms with Crippen molar-refractivity contribution in [3.63, 3.8) is 0 Å². The van der Waals surface area contributed by atoms with Gasteiger partial charge in [0.15, 0.2) is 0 Å². The van der Waals surface area contributed by atoms with E-state index in [0.717, 1.165) is 11.3 Å². The Kier molecular flexibility index (Phi) is 7.04. The molecular weight excluding hydrogens is 256 g/mol.